The maximum absolute atomic E-state index is 9.09. The molecule has 2 heteroatoms. The molecule has 0 fully saturated rings. The Kier molecular flexibility index (Phi) is 11.7. The Bertz CT molecular complexity index is 194. The fourth-order valence-corrected chi connectivity index (χ4v) is 2.55. The molecule has 1 N–H and O–H groups in total. The van der Waals surface area contributed by atoms with Crippen molar-refractivity contribution in [3.8, 4) is 0 Å². The van der Waals surface area contributed by atoms with Crippen molar-refractivity contribution >= 4 is 0 Å². The van der Waals surface area contributed by atoms with Crippen LogP contribution in [-0.2, 0) is 4.74 Å². The zero-order chi connectivity index (χ0) is 14.7. The smallest absolute Gasteiger partial charge is 0.0572 e. The topological polar surface area (TPSA) is 29.5 Å². The van der Waals surface area contributed by atoms with Crippen LogP contribution in [0.25, 0.3) is 0 Å². The molecule has 0 rings (SSSR count). The van der Waals surface area contributed by atoms with Gasteiger partial charge in [-0.05, 0) is 37.0 Å². The lowest BCUT2D eigenvalue weighted by Gasteiger charge is -2.26. The maximum Gasteiger partial charge on any atom is 0.0572 e. The summed E-state index contributed by atoms with van der Waals surface area (Å²) in [6.07, 6.45) is 7.48. The number of rotatable bonds is 12. The van der Waals surface area contributed by atoms with Crippen molar-refractivity contribution in [2.45, 2.75) is 79.2 Å². The molecule has 4 atom stereocenters. The van der Waals surface area contributed by atoms with Crippen LogP contribution in [0, 0.1) is 17.8 Å². The third kappa shape index (κ3) is 8.65. The molecule has 0 aromatic rings. The minimum Gasteiger partial charge on any atom is -0.396 e. The molecule has 0 saturated carbocycles. The first-order chi connectivity index (χ1) is 9.08. The van der Waals surface area contributed by atoms with Crippen molar-refractivity contribution in [1.29, 1.82) is 0 Å². The standard InChI is InChI=1S/C17H36O2/c1-6-9-17(8-3)19-13-16(7-2)15(5)11-10-14(4)12-18/h14-18H,6-13H2,1-5H3. The van der Waals surface area contributed by atoms with Crippen LogP contribution in [0.5, 0.6) is 0 Å². The first kappa shape index (κ1) is 18.9. The van der Waals surface area contributed by atoms with Gasteiger partial charge in [-0.1, -0.05) is 53.9 Å². The molecule has 0 bridgehead atoms. The highest BCUT2D eigenvalue weighted by Crippen LogP contribution is 2.24. The van der Waals surface area contributed by atoms with Crippen LogP contribution >= 0.6 is 0 Å². The number of hydrogen-bond acceptors (Lipinski definition) is 2. The van der Waals surface area contributed by atoms with Gasteiger partial charge in [0.1, 0.15) is 0 Å². The van der Waals surface area contributed by atoms with Gasteiger partial charge in [-0.3, -0.25) is 0 Å². The highest BCUT2D eigenvalue weighted by Gasteiger charge is 2.18. The van der Waals surface area contributed by atoms with Gasteiger partial charge in [0.15, 0.2) is 0 Å². The van der Waals surface area contributed by atoms with Gasteiger partial charge < -0.3 is 9.84 Å². The molecule has 19 heavy (non-hydrogen) atoms. The van der Waals surface area contributed by atoms with E-state index in [0.29, 0.717) is 30.5 Å². The quantitative estimate of drug-likeness (QED) is 0.560. The van der Waals surface area contributed by atoms with E-state index in [1.54, 1.807) is 0 Å². The number of ether oxygens (including phenoxy) is 1. The van der Waals surface area contributed by atoms with E-state index in [1.165, 1.54) is 25.7 Å². The Labute approximate surface area is 120 Å². The molecule has 0 aliphatic heterocycles. The molecular weight excluding hydrogens is 236 g/mol. The van der Waals surface area contributed by atoms with Crippen molar-refractivity contribution < 1.29 is 9.84 Å². The Hall–Kier alpha value is -0.0800. The van der Waals surface area contributed by atoms with Crippen molar-refractivity contribution in [2.75, 3.05) is 13.2 Å². The van der Waals surface area contributed by atoms with Crippen molar-refractivity contribution in [2.24, 2.45) is 17.8 Å². The van der Waals surface area contributed by atoms with Crippen LogP contribution in [0.2, 0.25) is 0 Å². The minimum atomic E-state index is 0.314. The van der Waals surface area contributed by atoms with Gasteiger partial charge in [0.2, 0.25) is 0 Å². The number of hydrogen-bond donors (Lipinski definition) is 1. The second kappa shape index (κ2) is 11.7. The van der Waals surface area contributed by atoms with Gasteiger partial charge in [-0.25, -0.2) is 0 Å². The summed E-state index contributed by atoms with van der Waals surface area (Å²) in [6, 6.07) is 0. The molecule has 0 aromatic carbocycles. The normalized spacial score (nSPS) is 18.0. The molecule has 0 amide bonds. The molecule has 0 radical (unpaired) electrons. The maximum atomic E-state index is 9.09. The summed E-state index contributed by atoms with van der Waals surface area (Å²) in [5.74, 6) is 1.79. The van der Waals surface area contributed by atoms with Crippen LogP contribution in [0.3, 0.4) is 0 Å². The second-order valence-corrected chi connectivity index (χ2v) is 6.16. The van der Waals surface area contributed by atoms with E-state index >= 15 is 0 Å². The zero-order valence-corrected chi connectivity index (χ0v) is 13.8. The summed E-state index contributed by atoms with van der Waals surface area (Å²) in [7, 11) is 0. The molecule has 0 saturated heterocycles. The van der Waals surface area contributed by atoms with Crippen LogP contribution in [0.1, 0.15) is 73.1 Å². The summed E-state index contributed by atoms with van der Waals surface area (Å²) in [6.45, 7) is 12.4. The zero-order valence-electron chi connectivity index (χ0n) is 13.8. The van der Waals surface area contributed by atoms with Crippen LogP contribution in [-0.4, -0.2) is 24.4 Å². The molecule has 0 aliphatic carbocycles. The first-order valence-electron chi connectivity index (χ1n) is 8.31. The second-order valence-electron chi connectivity index (χ2n) is 6.16. The molecule has 4 unspecified atom stereocenters. The Morgan fingerprint density at radius 2 is 1.63 bits per heavy atom. The number of aliphatic hydroxyl groups excluding tert-OH is 1. The minimum absolute atomic E-state index is 0.314. The van der Waals surface area contributed by atoms with Crippen LogP contribution in [0.4, 0.5) is 0 Å². The largest absolute Gasteiger partial charge is 0.396 e. The highest BCUT2D eigenvalue weighted by atomic mass is 16.5. The van der Waals surface area contributed by atoms with Crippen molar-refractivity contribution in [3.63, 3.8) is 0 Å². The predicted molar refractivity (Wildman–Crippen MR) is 83.4 cm³/mol. The van der Waals surface area contributed by atoms with Crippen LogP contribution in [0.15, 0.2) is 0 Å². The van der Waals surface area contributed by atoms with E-state index in [9.17, 15) is 0 Å². The number of aliphatic hydroxyl groups is 1. The predicted octanol–water partition coefficient (Wildman–Crippen LogP) is 4.65. The molecule has 0 heterocycles. The fraction of sp³-hybridized carbons (Fsp3) is 1.00. The van der Waals surface area contributed by atoms with E-state index in [2.05, 4.69) is 34.6 Å². The van der Waals surface area contributed by atoms with E-state index in [1.807, 2.05) is 0 Å². The van der Waals surface area contributed by atoms with E-state index in [4.69, 9.17) is 9.84 Å². The van der Waals surface area contributed by atoms with Gasteiger partial charge in [0, 0.05) is 13.2 Å². The van der Waals surface area contributed by atoms with Gasteiger partial charge in [-0.15, -0.1) is 0 Å². The van der Waals surface area contributed by atoms with Gasteiger partial charge in [-0.2, -0.15) is 0 Å². The summed E-state index contributed by atoms with van der Waals surface area (Å²) < 4.78 is 6.09. The summed E-state index contributed by atoms with van der Waals surface area (Å²) in [5.41, 5.74) is 0. The van der Waals surface area contributed by atoms with Crippen molar-refractivity contribution in [3.05, 3.63) is 0 Å². The molecule has 2 nitrogen and oxygen atoms in total. The van der Waals surface area contributed by atoms with Gasteiger partial charge >= 0.3 is 0 Å². The molecule has 0 aromatic heterocycles. The van der Waals surface area contributed by atoms with E-state index < -0.39 is 0 Å². The fourth-order valence-electron chi connectivity index (χ4n) is 2.55. The lowest BCUT2D eigenvalue weighted by Crippen LogP contribution is -2.22. The first-order valence-corrected chi connectivity index (χ1v) is 8.31. The average molecular weight is 272 g/mol. The third-order valence-electron chi connectivity index (χ3n) is 4.37. The van der Waals surface area contributed by atoms with Crippen LogP contribution < -0.4 is 0 Å². The third-order valence-corrected chi connectivity index (χ3v) is 4.37. The van der Waals surface area contributed by atoms with Gasteiger partial charge in [0.25, 0.3) is 0 Å². The molecular formula is C17H36O2. The average Bonchev–Trinajstić information content (AvgIpc) is 2.43. The van der Waals surface area contributed by atoms with E-state index in [-0.39, 0.29) is 0 Å². The van der Waals surface area contributed by atoms with Gasteiger partial charge in [0.05, 0.1) is 6.10 Å². The Morgan fingerprint density at radius 1 is 0.947 bits per heavy atom. The molecule has 116 valence electrons. The Balaban J connectivity index is 4.03. The Morgan fingerprint density at radius 3 is 2.11 bits per heavy atom. The monoisotopic (exact) mass is 272 g/mol. The molecule has 0 spiro atoms. The highest BCUT2D eigenvalue weighted by molar-refractivity contribution is 4.67. The molecule has 0 aliphatic rings. The SMILES string of the molecule is CCCC(CC)OCC(CC)C(C)CCC(C)CO. The lowest BCUT2D eigenvalue weighted by molar-refractivity contribution is 0.00746. The van der Waals surface area contributed by atoms with E-state index in [0.717, 1.165) is 19.4 Å². The lowest BCUT2D eigenvalue weighted by atomic mass is 9.86. The summed E-state index contributed by atoms with van der Waals surface area (Å²) in [5, 5.41) is 9.09. The van der Waals surface area contributed by atoms with Crippen molar-refractivity contribution in [1.82, 2.24) is 0 Å². The summed E-state index contributed by atoms with van der Waals surface area (Å²) in [4.78, 5) is 0. The summed E-state index contributed by atoms with van der Waals surface area (Å²) >= 11 is 0.